The summed E-state index contributed by atoms with van der Waals surface area (Å²) in [5, 5.41) is 9.05. The lowest BCUT2D eigenvalue weighted by Crippen LogP contribution is -2.59. The number of fused-ring (bicyclic) bond motifs is 1. The van der Waals surface area contributed by atoms with Crippen LogP contribution >= 0.6 is 0 Å². The maximum atomic E-state index is 14.3. The molecule has 1 aromatic heterocycles. The zero-order valence-corrected chi connectivity index (χ0v) is 31.9. The van der Waals surface area contributed by atoms with Crippen molar-refractivity contribution in [2.45, 2.75) is 90.1 Å². The monoisotopic (exact) mass is 752 g/mol. The van der Waals surface area contributed by atoms with Gasteiger partial charge in [-0.05, 0) is 29.2 Å². The molecule has 0 spiro atoms. The van der Waals surface area contributed by atoms with Crippen molar-refractivity contribution in [3.8, 4) is 0 Å². The molecule has 0 saturated heterocycles. The normalized spacial score (nSPS) is 13.3. The summed E-state index contributed by atoms with van der Waals surface area (Å²) in [5.41, 5.74) is 8.83. The van der Waals surface area contributed by atoms with E-state index in [1.165, 1.54) is 11.9 Å². The summed E-state index contributed by atoms with van der Waals surface area (Å²) in [7, 11) is 1.48. The molecule has 6 N–H and O–H groups in total. The van der Waals surface area contributed by atoms with E-state index in [1.54, 1.807) is 68.6 Å². The Labute approximate surface area is 321 Å². The molecule has 5 amide bonds. The fourth-order valence-electron chi connectivity index (χ4n) is 6.14. The van der Waals surface area contributed by atoms with Gasteiger partial charge in [0.25, 0.3) is 0 Å². The second-order valence-electron chi connectivity index (χ2n) is 14.0. The van der Waals surface area contributed by atoms with E-state index in [4.69, 9.17) is 10.5 Å². The second kappa shape index (κ2) is 20.5. The Morgan fingerprint density at radius 3 is 1.98 bits per heavy atom. The summed E-state index contributed by atoms with van der Waals surface area (Å²) in [6.07, 6.45) is 2.95. The molecule has 4 aromatic rings. The lowest BCUT2D eigenvalue weighted by atomic mass is 10.0. The van der Waals surface area contributed by atoms with Crippen molar-refractivity contribution < 1.29 is 33.5 Å². The first-order valence-electron chi connectivity index (χ1n) is 18.6. The van der Waals surface area contributed by atoms with Crippen LogP contribution in [0.15, 0.2) is 91.1 Å². The third-order valence-corrected chi connectivity index (χ3v) is 9.38. The van der Waals surface area contributed by atoms with Gasteiger partial charge in [-0.1, -0.05) is 112 Å². The van der Waals surface area contributed by atoms with Gasteiger partial charge in [-0.2, -0.15) is 0 Å². The minimum atomic E-state index is -1.48. The van der Waals surface area contributed by atoms with Gasteiger partial charge in [0.15, 0.2) is 0 Å². The van der Waals surface area contributed by atoms with E-state index in [0.717, 1.165) is 27.6 Å². The molecule has 4 rings (SSSR count). The van der Waals surface area contributed by atoms with Gasteiger partial charge in [-0.25, -0.2) is 0 Å². The summed E-state index contributed by atoms with van der Waals surface area (Å²) >= 11 is 0. The van der Waals surface area contributed by atoms with Crippen molar-refractivity contribution in [2.24, 2.45) is 11.7 Å². The number of nitrogens with two attached hydrogens (primary N) is 1. The van der Waals surface area contributed by atoms with Crippen LogP contribution < -0.4 is 21.7 Å². The Balaban J connectivity index is 1.59. The van der Waals surface area contributed by atoms with Crippen molar-refractivity contribution in [2.75, 3.05) is 7.05 Å². The Hall–Kier alpha value is -5.98. The highest BCUT2D eigenvalue weighted by Gasteiger charge is 2.36. The van der Waals surface area contributed by atoms with Crippen LogP contribution in [0.3, 0.4) is 0 Å². The number of hydrogen-bond acceptors (Lipinski definition) is 7. The molecule has 13 heteroatoms. The number of likely N-dealkylation sites (N-methyl/N-ethyl adjacent to an activating group) is 1. The van der Waals surface area contributed by atoms with Crippen LogP contribution in [0.2, 0.25) is 0 Å². The summed E-state index contributed by atoms with van der Waals surface area (Å²) in [4.78, 5) is 85.4. The first-order chi connectivity index (χ1) is 26.4. The quantitative estimate of drug-likeness (QED) is 0.0850. The van der Waals surface area contributed by atoms with Crippen LogP contribution in [-0.2, 0) is 53.0 Å². The number of esters is 1. The molecule has 0 radical (unpaired) electrons. The number of carbonyl (C=O) groups excluding carboxylic acids is 6. The van der Waals surface area contributed by atoms with Crippen molar-refractivity contribution in [1.82, 2.24) is 25.8 Å². The van der Waals surface area contributed by atoms with Gasteiger partial charge in [0.2, 0.25) is 29.5 Å². The fourth-order valence-corrected chi connectivity index (χ4v) is 6.14. The van der Waals surface area contributed by atoms with E-state index < -0.39 is 66.1 Å². The number of carbonyl (C=O) groups is 6. The van der Waals surface area contributed by atoms with E-state index in [2.05, 4.69) is 20.9 Å². The van der Waals surface area contributed by atoms with E-state index in [0.29, 0.717) is 12.8 Å². The van der Waals surface area contributed by atoms with E-state index >= 15 is 0 Å². The molecule has 0 unspecified atom stereocenters. The number of hydrogen-bond donors (Lipinski definition) is 5. The Bertz CT molecular complexity index is 1910. The predicted molar refractivity (Wildman–Crippen MR) is 209 cm³/mol. The number of aromatic nitrogens is 1. The van der Waals surface area contributed by atoms with Gasteiger partial charge >= 0.3 is 5.97 Å². The van der Waals surface area contributed by atoms with Crippen LogP contribution in [0.25, 0.3) is 10.9 Å². The van der Waals surface area contributed by atoms with Crippen molar-refractivity contribution in [3.63, 3.8) is 0 Å². The van der Waals surface area contributed by atoms with Crippen LogP contribution in [0.4, 0.5) is 0 Å². The topological polar surface area (TPSA) is 193 Å². The number of ether oxygens (including phenoxy) is 1. The van der Waals surface area contributed by atoms with Crippen LogP contribution in [0.5, 0.6) is 0 Å². The molecule has 13 nitrogen and oxygen atoms in total. The molecule has 4 atom stereocenters. The zero-order chi connectivity index (χ0) is 39.9. The average molecular weight is 753 g/mol. The first kappa shape index (κ1) is 41.8. The molecule has 292 valence electrons. The van der Waals surface area contributed by atoms with Gasteiger partial charge in [-0.15, -0.1) is 0 Å². The Morgan fingerprint density at radius 2 is 1.35 bits per heavy atom. The van der Waals surface area contributed by atoms with E-state index in [1.807, 2.05) is 43.3 Å². The lowest BCUT2D eigenvalue weighted by molar-refractivity contribution is -0.148. The summed E-state index contributed by atoms with van der Waals surface area (Å²) in [5.74, 6) is -4.33. The van der Waals surface area contributed by atoms with Crippen LogP contribution in [-0.4, -0.2) is 76.6 Å². The molecule has 1 heterocycles. The highest BCUT2D eigenvalue weighted by Crippen LogP contribution is 2.21. The molecule has 0 saturated carbocycles. The van der Waals surface area contributed by atoms with Gasteiger partial charge in [0.05, 0.1) is 6.42 Å². The van der Waals surface area contributed by atoms with E-state index in [9.17, 15) is 28.8 Å². The number of para-hydroxylation sites is 1. The maximum absolute atomic E-state index is 14.3. The van der Waals surface area contributed by atoms with Crippen LogP contribution in [0.1, 0.15) is 63.1 Å². The highest BCUT2D eigenvalue weighted by atomic mass is 16.5. The number of benzene rings is 3. The number of nitrogens with one attached hydrogen (secondary N) is 4. The van der Waals surface area contributed by atoms with Gasteiger partial charge in [-0.3, -0.25) is 28.8 Å². The number of nitrogens with zero attached hydrogens (tertiary/aromatic N) is 1. The zero-order valence-electron chi connectivity index (χ0n) is 31.9. The third-order valence-electron chi connectivity index (χ3n) is 9.38. The molecule has 0 aliphatic heterocycles. The number of unbranched alkanes of at least 4 members (excludes halogenated alkanes) is 1. The Morgan fingerprint density at radius 1 is 0.745 bits per heavy atom. The SMILES string of the molecule is CCCC[C@@H](C(=O)N[C@@H](CC(=O)OCc1ccccc1)C(=O)N[C@@H](Cc1ccccc1)C(N)=O)N(C)C(=O)[C@H](Cc1c[nH]c2ccccc12)NC(=O)C(C)C. The lowest BCUT2D eigenvalue weighted by Gasteiger charge is -2.32. The van der Waals surface area contributed by atoms with Crippen molar-refractivity contribution >= 4 is 46.4 Å². The average Bonchev–Trinajstić information content (AvgIpc) is 3.59. The molecular formula is C42H52N6O7. The third kappa shape index (κ3) is 12.3. The second-order valence-corrected chi connectivity index (χ2v) is 14.0. The molecule has 0 fully saturated rings. The minimum Gasteiger partial charge on any atom is -0.461 e. The number of primary amides is 1. The van der Waals surface area contributed by atoms with Crippen molar-refractivity contribution in [1.29, 1.82) is 0 Å². The smallest absolute Gasteiger partial charge is 0.308 e. The molecule has 0 aliphatic rings. The number of H-pyrrole nitrogens is 1. The molecule has 0 aliphatic carbocycles. The standard InChI is InChI=1S/C42H52N6O7/c1-5-6-21-36(48(4)42(54)35(47-39(51)27(2)3)23-30-25-44-32-20-14-13-19-31(30)32)41(53)46-34(24-37(49)55-26-29-17-11-8-12-18-29)40(52)45-33(38(43)50)22-28-15-9-7-10-16-28/h7-20,25,27,33-36,44H,5-6,21-24,26H2,1-4H3,(H2,43,50)(H,45,52)(H,46,53)(H,47,51)/t33-,34-,35-,36-/m0/s1. The fraction of sp³-hybridized carbons (Fsp3) is 0.381. The van der Waals surface area contributed by atoms with Crippen LogP contribution in [0, 0.1) is 5.92 Å². The summed E-state index contributed by atoms with van der Waals surface area (Å²) in [6.45, 7) is 5.33. The Kier molecular flexibility index (Phi) is 15.5. The van der Waals surface area contributed by atoms with Gasteiger partial charge < -0.3 is 36.3 Å². The maximum Gasteiger partial charge on any atom is 0.308 e. The predicted octanol–water partition coefficient (Wildman–Crippen LogP) is 3.70. The number of rotatable bonds is 20. The van der Waals surface area contributed by atoms with E-state index in [-0.39, 0.29) is 31.8 Å². The molecular weight excluding hydrogens is 700 g/mol. The first-order valence-corrected chi connectivity index (χ1v) is 18.6. The van der Waals surface area contributed by atoms with Gasteiger partial charge in [0.1, 0.15) is 30.8 Å². The minimum absolute atomic E-state index is 0.0594. The highest BCUT2D eigenvalue weighted by molar-refractivity contribution is 5.97. The number of amides is 5. The van der Waals surface area contributed by atoms with Crippen molar-refractivity contribution in [3.05, 3.63) is 108 Å². The molecule has 55 heavy (non-hydrogen) atoms. The summed E-state index contributed by atoms with van der Waals surface area (Å²) in [6, 6.07) is 20.8. The largest absolute Gasteiger partial charge is 0.461 e. The van der Waals surface area contributed by atoms with Gasteiger partial charge in [0, 0.05) is 42.9 Å². The number of aromatic amines is 1. The summed E-state index contributed by atoms with van der Waals surface area (Å²) < 4.78 is 5.45. The molecule has 0 bridgehead atoms. The molecule has 3 aromatic carbocycles.